The van der Waals surface area contributed by atoms with Gasteiger partial charge in [-0.3, -0.25) is 14.6 Å². The zero-order valence-corrected chi connectivity index (χ0v) is 19.0. The summed E-state index contributed by atoms with van der Waals surface area (Å²) >= 11 is 0. The van der Waals surface area contributed by atoms with E-state index in [1.165, 1.54) is 0 Å². The number of alkyl halides is 3. The smallest absolute Gasteiger partial charge is 0.475 e. The molecule has 2 saturated heterocycles. The lowest BCUT2D eigenvalue weighted by Gasteiger charge is -2.35. The summed E-state index contributed by atoms with van der Waals surface area (Å²) in [6.45, 7) is 3.08. The number of aryl methyl sites for hydroxylation is 1. The Hall–Kier alpha value is -3.47. The summed E-state index contributed by atoms with van der Waals surface area (Å²) in [6.07, 6.45) is 0.0194. The first-order valence-electron chi connectivity index (χ1n) is 11.1. The van der Waals surface area contributed by atoms with Gasteiger partial charge in [-0.2, -0.15) is 13.2 Å². The van der Waals surface area contributed by atoms with E-state index in [4.69, 9.17) is 14.6 Å². The number of nitrogens with zero attached hydrogens (tertiary/aromatic N) is 2. The van der Waals surface area contributed by atoms with E-state index in [9.17, 15) is 22.8 Å². The Morgan fingerprint density at radius 1 is 1.14 bits per heavy atom. The summed E-state index contributed by atoms with van der Waals surface area (Å²) in [4.78, 5) is 40.4. The van der Waals surface area contributed by atoms with Gasteiger partial charge in [-0.1, -0.05) is 24.3 Å². The van der Waals surface area contributed by atoms with Crippen LogP contribution in [0, 0.1) is 6.92 Å². The van der Waals surface area contributed by atoms with Crippen LogP contribution in [0.5, 0.6) is 0 Å². The predicted octanol–water partition coefficient (Wildman–Crippen LogP) is 3.10. The van der Waals surface area contributed by atoms with Crippen LogP contribution >= 0.6 is 0 Å². The van der Waals surface area contributed by atoms with Crippen molar-refractivity contribution in [1.82, 2.24) is 15.2 Å². The van der Waals surface area contributed by atoms with Crippen LogP contribution in [0.25, 0.3) is 0 Å². The molecule has 2 amide bonds. The summed E-state index contributed by atoms with van der Waals surface area (Å²) in [5.41, 5.74) is 2.69. The fourth-order valence-corrected chi connectivity index (χ4v) is 4.15. The third-order valence-corrected chi connectivity index (χ3v) is 5.91. The lowest BCUT2D eigenvalue weighted by molar-refractivity contribution is -0.192. The molecule has 3 heterocycles. The fourth-order valence-electron chi connectivity index (χ4n) is 4.15. The van der Waals surface area contributed by atoms with Crippen molar-refractivity contribution >= 4 is 17.8 Å². The number of benzene rings is 1. The quantitative estimate of drug-likeness (QED) is 0.678. The van der Waals surface area contributed by atoms with Gasteiger partial charge in [-0.15, -0.1) is 0 Å². The summed E-state index contributed by atoms with van der Waals surface area (Å²) < 4.78 is 37.8. The van der Waals surface area contributed by atoms with Crippen LogP contribution in [0.1, 0.15) is 40.7 Å². The number of amides is 2. The number of carbonyl (C=O) groups excluding carboxylic acids is 2. The monoisotopic (exact) mass is 493 g/mol. The summed E-state index contributed by atoms with van der Waals surface area (Å²) in [5, 5.41) is 10.1. The maximum absolute atomic E-state index is 13.0. The summed E-state index contributed by atoms with van der Waals surface area (Å²) in [7, 11) is 0. The number of carboxylic acid groups (broad SMARTS) is 1. The topological polar surface area (TPSA) is 109 Å². The van der Waals surface area contributed by atoms with E-state index in [0.29, 0.717) is 19.5 Å². The minimum absolute atomic E-state index is 0.0504. The number of carbonyl (C=O) groups is 3. The van der Waals surface area contributed by atoms with Gasteiger partial charge in [0, 0.05) is 31.0 Å². The Kier molecular flexibility index (Phi) is 8.44. The van der Waals surface area contributed by atoms with Crippen LogP contribution in [-0.2, 0) is 20.9 Å². The Morgan fingerprint density at radius 3 is 2.49 bits per heavy atom. The molecule has 2 aliphatic heterocycles. The molecule has 2 N–H and O–H groups in total. The number of likely N-dealkylation sites (tertiary alicyclic amines) is 1. The van der Waals surface area contributed by atoms with Crippen molar-refractivity contribution in [3.05, 3.63) is 65.5 Å². The van der Waals surface area contributed by atoms with Crippen molar-refractivity contribution < 1.29 is 37.4 Å². The van der Waals surface area contributed by atoms with Gasteiger partial charge in [0.05, 0.1) is 12.1 Å². The van der Waals surface area contributed by atoms with Crippen LogP contribution in [0.2, 0.25) is 0 Å². The first kappa shape index (κ1) is 26.1. The van der Waals surface area contributed by atoms with Crippen molar-refractivity contribution in [3.63, 3.8) is 0 Å². The van der Waals surface area contributed by atoms with Crippen molar-refractivity contribution in [1.29, 1.82) is 0 Å². The van der Waals surface area contributed by atoms with Gasteiger partial charge >= 0.3 is 12.1 Å². The zero-order valence-electron chi connectivity index (χ0n) is 19.0. The molecule has 2 aliphatic rings. The van der Waals surface area contributed by atoms with Crippen molar-refractivity contribution in [3.8, 4) is 0 Å². The van der Waals surface area contributed by atoms with Crippen LogP contribution < -0.4 is 5.32 Å². The third kappa shape index (κ3) is 6.78. The van der Waals surface area contributed by atoms with Gasteiger partial charge < -0.3 is 20.1 Å². The molecule has 0 spiro atoms. The minimum Gasteiger partial charge on any atom is -0.475 e. The fraction of sp³-hybridized carbons (Fsp3) is 0.417. The van der Waals surface area contributed by atoms with E-state index < -0.39 is 18.2 Å². The predicted molar refractivity (Wildman–Crippen MR) is 118 cm³/mol. The second kappa shape index (κ2) is 11.3. The van der Waals surface area contributed by atoms with E-state index in [-0.39, 0.29) is 24.0 Å². The highest BCUT2D eigenvalue weighted by Crippen LogP contribution is 2.33. The molecule has 0 bridgehead atoms. The minimum atomic E-state index is -5.08. The molecule has 1 aromatic carbocycles. The van der Waals surface area contributed by atoms with Crippen molar-refractivity contribution in [2.24, 2.45) is 0 Å². The van der Waals surface area contributed by atoms with Gasteiger partial charge in [0.1, 0.15) is 6.10 Å². The Bertz CT molecular complexity index is 1050. The standard InChI is InChI=1S/C22H25N3O3.C2HF3O2/c1-15-5-2-3-7-17(15)22(27)25-12-10-19-18(25)8-9-20(28-19)21(26)24-14-16-6-4-11-23-13-16;3-2(4,5)1(6)7/h2-7,11,13,18-20H,8-10,12,14H2,1H3,(H,24,26);(H,6,7)/t18-,19-,20-;/m1./s1. The number of ether oxygens (including phenoxy) is 1. The molecule has 0 radical (unpaired) electrons. The summed E-state index contributed by atoms with van der Waals surface area (Å²) in [5.74, 6) is -2.79. The van der Waals surface area contributed by atoms with E-state index in [0.717, 1.165) is 29.5 Å². The van der Waals surface area contributed by atoms with Gasteiger partial charge in [0.15, 0.2) is 0 Å². The molecule has 3 atom stereocenters. The van der Waals surface area contributed by atoms with Gasteiger partial charge in [-0.25, -0.2) is 4.79 Å². The highest BCUT2D eigenvalue weighted by molar-refractivity contribution is 5.96. The second-order valence-electron chi connectivity index (χ2n) is 8.29. The van der Waals surface area contributed by atoms with Crippen molar-refractivity contribution in [2.45, 2.75) is 57.2 Å². The lowest BCUT2D eigenvalue weighted by atomic mass is 9.98. The summed E-state index contributed by atoms with van der Waals surface area (Å²) in [6, 6.07) is 11.5. The average Bonchev–Trinajstić information content (AvgIpc) is 3.26. The number of pyridine rings is 1. The first-order chi connectivity index (χ1) is 16.6. The second-order valence-corrected chi connectivity index (χ2v) is 8.29. The number of fused-ring (bicyclic) bond motifs is 1. The van der Waals surface area contributed by atoms with Gasteiger partial charge in [-0.05, 0) is 49.4 Å². The highest BCUT2D eigenvalue weighted by atomic mass is 19.4. The van der Waals surface area contributed by atoms with E-state index in [1.807, 2.05) is 48.2 Å². The molecule has 35 heavy (non-hydrogen) atoms. The van der Waals surface area contributed by atoms with E-state index in [2.05, 4.69) is 10.3 Å². The number of nitrogens with one attached hydrogen (secondary N) is 1. The molecule has 0 aliphatic carbocycles. The largest absolute Gasteiger partial charge is 0.490 e. The van der Waals surface area contributed by atoms with Gasteiger partial charge in [0.2, 0.25) is 5.91 Å². The van der Waals surface area contributed by atoms with Crippen LogP contribution in [0.15, 0.2) is 48.8 Å². The maximum atomic E-state index is 13.0. The molecule has 1 aromatic heterocycles. The number of hydrogen-bond donors (Lipinski definition) is 2. The number of rotatable bonds is 4. The Balaban J connectivity index is 0.000000429. The number of hydrogen-bond acceptors (Lipinski definition) is 5. The molecule has 4 rings (SSSR count). The van der Waals surface area contributed by atoms with E-state index >= 15 is 0 Å². The molecule has 188 valence electrons. The molecule has 11 heteroatoms. The number of aromatic nitrogens is 1. The molecule has 8 nitrogen and oxygen atoms in total. The average molecular weight is 493 g/mol. The third-order valence-electron chi connectivity index (χ3n) is 5.91. The van der Waals surface area contributed by atoms with E-state index in [1.54, 1.807) is 12.4 Å². The number of carboxylic acids is 1. The maximum Gasteiger partial charge on any atom is 0.490 e. The number of halogens is 3. The zero-order chi connectivity index (χ0) is 25.6. The molecular weight excluding hydrogens is 467 g/mol. The normalized spacial score (nSPS) is 21.4. The van der Waals surface area contributed by atoms with Crippen LogP contribution in [0.3, 0.4) is 0 Å². The lowest BCUT2D eigenvalue weighted by Crippen LogP contribution is -2.49. The number of aliphatic carboxylic acids is 1. The molecule has 0 saturated carbocycles. The first-order valence-corrected chi connectivity index (χ1v) is 11.1. The van der Waals surface area contributed by atoms with Gasteiger partial charge in [0.25, 0.3) is 5.91 Å². The van der Waals surface area contributed by atoms with Crippen LogP contribution in [0.4, 0.5) is 13.2 Å². The molecule has 0 unspecified atom stereocenters. The Morgan fingerprint density at radius 2 is 1.86 bits per heavy atom. The highest BCUT2D eigenvalue weighted by Gasteiger charge is 2.43. The molecule has 2 fully saturated rings. The molecule has 2 aromatic rings. The van der Waals surface area contributed by atoms with Crippen molar-refractivity contribution in [2.75, 3.05) is 6.54 Å². The Labute approximate surface area is 200 Å². The van der Waals surface area contributed by atoms with Crippen LogP contribution in [-0.4, -0.2) is 63.7 Å². The molecular formula is C24H26F3N3O5. The SMILES string of the molecule is Cc1ccccc1C(=O)N1CC[C@H]2O[C@@H](C(=O)NCc3cccnc3)CC[C@H]21.O=C(O)C(F)(F)F.